The van der Waals surface area contributed by atoms with Gasteiger partial charge in [0, 0.05) is 17.9 Å². The van der Waals surface area contributed by atoms with Gasteiger partial charge < -0.3 is 32.5 Å². The Hall–Kier alpha value is -1.99. The smallest absolute Gasteiger partial charge is 0.326 e. The summed E-state index contributed by atoms with van der Waals surface area (Å²) in [6.45, 7) is 3.25. The third-order valence-electron chi connectivity index (χ3n) is 3.90. The highest BCUT2D eigenvalue weighted by atomic mass is 32.1. The average molecular weight is 452 g/mol. The van der Waals surface area contributed by atoms with Gasteiger partial charge in [-0.1, -0.05) is 13.8 Å². The molecule has 11 nitrogen and oxygen atoms in total. The number of primary amides is 1. The highest BCUT2D eigenvalue weighted by molar-refractivity contribution is 7.80. The van der Waals surface area contributed by atoms with Gasteiger partial charge in [0.05, 0.1) is 6.04 Å². The van der Waals surface area contributed by atoms with E-state index in [0.717, 1.165) is 0 Å². The number of nitrogens with one attached hydrogen (secondary N) is 3. The Bertz CT molecular complexity index is 619. The van der Waals surface area contributed by atoms with Crippen molar-refractivity contribution in [1.82, 2.24) is 16.0 Å². The molecule has 0 radical (unpaired) electrons. The van der Waals surface area contributed by atoms with Crippen LogP contribution in [0.1, 0.15) is 26.7 Å². The van der Waals surface area contributed by atoms with E-state index in [1.165, 1.54) is 0 Å². The zero-order valence-electron chi connectivity index (χ0n) is 16.3. The van der Waals surface area contributed by atoms with E-state index in [-0.39, 0.29) is 30.3 Å². The van der Waals surface area contributed by atoms with Crippen molar-refractivity contribution in [2.45, 2.75) is 50.9 Å². The Balaban J connectivity index is 4.95. The van der Waals surface area contributed by atoms with Crippen molar-refractivity contribution in [2.75, 3.05) is 11.5 Å². The maximum Gasteiger partial charge on any atom is 0.326 e. The fourth-order valence-corrected chi connectivity index (χ4v) is 2.65. The average Bonchev–Trinajstić information content (AvgIpc) is 2.64. The summed E-state index contributed by atoms with van der Waals surface area (Å²) in [4.78, 5) is 58.8. The fourth-order valence-electron chi connectivity index (χ4n) is 2.14. The lowest BCUT2D eigenvalue weighted by atomic mass is 10.0. The molecule has 0 aromatic heterocycles. The molecule has 0 saturated carbocycles. The Morgan fingerprint density at radius 1 is 0.897 bits per heavy atom. The number of rotatable bonds is 13. The van der Waals surface area contributed by atoms with E-state index in [2.05, 4.69) is 41.2 Å². The highest BCUT2D eigenvalue weighted by Gasteiger charge is 2.30. The van der Waals surface area contributed by atoms with Crippen LogP contribution < -0.4 is 27.4 Å². The molecule has 0 saturated heterocycles. The topological polar surface area (TPSA) is 194 Å². The summed E-state index contributed by atoms with van der Waals surface area (Å²) in [5.74, 6) is -4.52. The minimum absolute atomic E-state index is 0.00945. The molecule has 4 amide bonds. The van der Waals surface area contributed by atoms with Crippen LogP contribution in [0.2, 0.25) is 0 Å². The van der Waals surface area contributed by atoms with Gasteiger partial charge in [0.15, 0.2) is 0 Å². The third-order valence-corrected chi connectivity index (χ3v) is 4.63. The monoisotopic (exact) mass is 451 g/mol. The molecule has 13 heteroatoms. The predicted octanol–water partition coefficient (Wildman–Crippen LogP) is -2.37. The molecule has 0 bridgehead atoms. The van der Waals surface area contributed by atoms with Crippen LogP contribution in [0.15, 0.2) is 0 Å². The number of hydrogen-bond acceptors (Lipinski definition) is 8. The number of thiol groups is 2. The molecule has 0 aromatic carbocycles. The Morgan fingerprint density at radius 3 is 1.72 bits per heavy atom. The lowest BCUT2D eigenvalue weighted by Gasteiger charge is -2.24. The molecule has 29 heavy (non-hydrogen) atoms. The molecule has 0 aromatic rings. The molecule has 166 valence electrons. The Labute approximate surface area is 179 Å². The second-order valence-corrected chi connectivity index (χ2v) is 7.40. The summed E-state index contributed by atoms with van der Waals surface area (Å²) >= 11 is 8.02. The quantitative estimate of drug-likeness (QED) is 0.143. The normalized spacial score (nSPS) is 15.0. The van der Waals surface area contributed by atoms with E-state index in [1.807, 2.05) is 0 Å². The second-order valence-electron chi connectivity index (χ2n) is 6.67. The van der Waals surface area contributed by atoms with Gasteiger partial charge in [-0.3, -0.25) is 19.2 Å². The molecule has 0 aliphatic rings. The van der Waals surface area contributed by atoms with Crippen LogP contribution in [-0.4, -0.2) is 70.4 Å². The number of carboxylic acid groups (broad SMARTS) is 1. The van der Waals surface area contributed by atoms with Crippen molar-refractivity contribution in [3.63, 3.8) is 0 Å². The Morgan fingerprint density at radius 2 is 1.34 bits per heavy atom. The first kappa shape index (κ1) is 27.0. The fraction of sp³-hybridized carbons (Fsp3) is 0.688. The van der Waals surface area contributed by atoms with Gasteiger partial charge in [-0.15, -0.1) is 0 Å². The van der Waals surface area contributed by atoms with Crippen LogP contribution in [-0.2, 0) is 24.0 Å². The van der Waals surface area contributed by atoms with Gasteiger partial charge in [0.25, 0.3) is 0 Å². The summed E-state index contributed by atoms with van der Waals surface area (Å²) in [5.41, 5.74) is 10.6. The van der Waals surface area contributed by atoms with Crippen LogP contribution >= 0.6 is 25.3 Å². The summed E-state index contributed by atoms with van der Waals surface area (Å²) in [5, 5.41) is 16.3. The zero-order valence-corrected chi connectivity index (χ0v) is 18.0. The molecule has 0 fully saturated rings. The van der Waals surface area contributed by atoms with Gasteiger partial charge in [0.1, 0.15) is 18.1 Å². The van der Waals surface area contributed by atoms with Crippen molar-refractivity contribution in [1.29, 1.82) is 0 Å². The van der Waals surface area contributed by atoms with Crippen molar-refractivity contribution in [2.24, 2.45) is 17.4 Å². The largest absolute Gasteiger partial charge is 0.480 e. The molecular weight excluding hydrogens is 422 g/mol. The number of carbonyl (C=O) groups excluding carboxylic acids is 4. The van der Waals surface area contributed by atoms with E-state index < -0.39 is 53.8 Å². The highest BCUT2D eigenvalue weighted by Crippen LogP contribution is 2.03. The second kappa shape index (κ2) is 13.3. The molecular formula is C16H29N5O6S2. The maximum atomic E-state index is 12.4. The number of hydrogen-bond donors (Lipinski definition) is 8. The van der Waals surface area contributed by atoms with Crippen LogP contribution in [0.5, 0.6) is 0 Å². The predicted molar refractivity (Wildman–Crippen MR) is 112 cm³/mol. The first-order chi connectivity index (χ1) is 13.4. The first-order valence-electron chi connectivity index (χ1n) is 8.84. The van der Waals surface area contributed by atoms with Gasteiger partial charge >= 0.3 is 5.97 Å². The van der Waals surface area contributed by atoms with Crippen LogP contribution in [0.25, 0.3) is 0 Å². The van der Waals surface area contributed by atoms with Crippen molar-refractivity contribution < 1.29 is 29.1 Å². The summed E-state index contributed by atoms with van der Waals surface area (Å²) < 4.78 is 0. The van der Waals surface area contributed by atoms with Gasteiger partial charge in [-0.2, -0.15) is 25.3 Å². The number of carboxylic acids is 1. The van der Waals surface area contributed by atoms with E-state index in [1.54, 1.807) is 13.8 Å². The molecule has 0 aliphatic carbocycles. The summed E-state index contributed by atoms with van der Waals surface area (Å²) in [6, 6.07) is -4.43. The van der Waals surface area contributed by atoms with Crippen LogP contribution in [0.4, 0.5) is 0 Å². The van der Waals surface area contributed by atoms with Crippen molar-refractivity contribution in [3.05, 3.63) is 0 Å². The number of aliphatic carboxylic acids is 1. The van der Waals surface area contributed by atoms with Gasteiger partial charge in [-0.05, 0) is 12.3 Å². The van der Waals surface area contributed by atoms with Crippen LogP contribution in [0, 0.1) is 5.92 Å². The lowest BCUT2D eigenvalue weighted by Crippen LogP contribution is -2.58. The van der Waals surface area contributed by atoms with Crippen molar-refractivity contribution >= 4 is 54.9 Å². The summed E-state index contributed by atoms with van der Waals surface area (Å²) in [6.07, 6.45) is -0.0790. The van der Waals surface area contributed by atoms with E-state index >= 15 is 0 Å². The minimum Gasteiger partial charge on any atom is -0.480 e. The molecule has 4 unspecified atom stereocenters. The first-order valence-corrected chi connectivity index (χ1v) is 10.1. The zero-order chi connectivity index (χ0) is 22.7. The van der Waals surface area contributed by atoms with Crippen molar-refractivity contribution in [3.8, 4) is 0 Å². The van der Waals surface area contributed by atoms with Crippen LogP contribution in [0.3, 0.4) is 0 Å². The molecule has 4 atom stereocenters. The number of carbonyl (C=O) groups is 5. The minimum atomic E-state index is -1.21. The van der Waals surface area contributed by atoms with Gasteiger partial charge in [0.2, 0.25) is 23.6 Å². The molecule has 0 rings (SSSR count). The maximum absolute atomic E-state index is 12.4. The molecule has 0 heterocycles. The molecule has 0 spiro atoms. The van der Waals surface area contributed by atoms with E-state index in [0.29, 0.717) is 0 Å². The van der Waals surface area contributed by atoms with Gasteiger partial charge in [-0.25, -0.2) is 4.79 Å². The van der Waals surface area contributed by atoms with E-state index in [4.69, 9.17) is 16.6 Å². The molecule has 0 aliphatic heterocycles. The SMILES string of the molecule is CC(C)C(NC(=O)C(CS)NC(=O)C(CS)NC(=O)C(N)CCC(N)=O)C(=O)O. The number of amides is 4. The number of nitrogens with two attached hydrogens (primary N) is 2. The standard InChI is InChI=1S/C16H29N5O6S2/c1-7(2)12(16(26)27)21-15(25)10(6-29)20-14(24)9(5-28)19-13(23)8(17)3-4-11(18)22/h7-10,12,28-29H,3-6,17H2,1-2H3,(H2,18,22)(H,19,23)(H,20,24)(H,21,25)(H,26,27). The molecule has 8 N–H and O–H groups in total. The lowest BCUT2D eigenvalue weighted by molar-refractivity contribution is -0.143. The third kappa shape index (κ3) is 9.85. The Kier molecular flexibility index (Phi) is 12.4. The summed E-state index contributed by atoms with van der Waals surface area (Å²) in [7, 11) is 0. The van der Waals surface area contributed by atoms with E-state index in [9.17, 15) is 24.0 Å².